The third-order valence-corrected chi connectivity index (χ3v) is 6.75. The molecule has 2 unspecified atom stereocenters. The molecule has 2 nitrogen and oxygen atoms in total. The standard InChI is InChI=1S/C19H36N2/c1-3-20-14-19(11-8-16(2)9-12-19)15-21-13-10-17-6-4-5-7-18(17)21/h16-18,20H,3-15H2,1-2H3. The number of hydrogen-bond acceptors (Lipinski definition) is 2. The van der Waals surface area contributed by atoms with Crippen LogP contribution in [0.15, 0.2) is 0 Å². The lowest BCUT2D eigenvalue weighted by Crippen LogP contribution is -2.48. The molecular formula is C19H36N2. The molecule has 3 aliphatic rings. The van der Waals surface area contributed by atoms with E-state index in [1.807, 2.05) is 0 Å². The van der Waals surface area contributed by atoms with Crippen molar-refractivity contribution in [3.63, 3.8) is 0 Å². The van der Waals surface area contributed by atoms with Gasteiger partial charge in [0.1, 0.15) is 0 Å². The van der Waals surface area contributed by atoms with E-state index < -0.39 is 0 Å². The highest BCUT2D eigenvalue weighted by Crippen LogP contribution is 2.43. The fraction of sp³-hybridized carbons (Fsp3) is 1.00. The predicted molar refractivity (Wildman–Crippen MR) is 90.5 cm³/mol. The van der Waals surface area contributed by atoms with E-state index in [1.165, 1.54) is 77.4 Å². The zero-order chi connectivity index (χ0) is 14.7. The van der Waals surface area contributed by atoms with Crippen molar-refractivity contribution in [2.24, 2.45) is 17.3 Å². The highest BCUT2D eigenvalue weighted by atomic mass is 15.2. The van der Waals surface area contributed by atoms with Crippen LogP contribution in [0.4, 0.5) is 0 Å². The molecule has 3 rings (SSSR count). The maximum atomic E-state index is 3.69. The van der Waals surface area contributed by atoms with Gasteiger partial charge in [0.15, 0.2) is 0 Å². The maximum Gasteiger partial charge on any atom is 0.0124 e. The molecule has 1 N–H and O–H groups in total. The average molecular weight is 293 g/mol. The van der Waals surface area contributed by atoms with Gasteiger partial charge in [-0.05, 0) is 62.4 Å². The summed E-state index contributed by atoms with van der Waals surface area (Å²) in [5.41, 5.74) is 0.578. The smallest absolute Gasteiger partial charge is 0.0124 e. The Morgan fingerprint density at radius 3 is 2.57 bits per heavy atom. The van der Waals surface area contributed by atoms with Gasteiger partial charge in [-0.25, -0.2) is 0 Å². The number of likely N-dealkylation sites (tertiary alicyclic amines) is 1. The minimum Gasteiger partial charge on any atom is -0.316 e. The van der Waals surface area contributed by atoms with Crippen molar-refractivity contribution < 1.29 is 0 Å². The minimum atomic E-state index is 0.578. The van der Waals surface area contributed by atoms with Crippen LogP contribution in [0.25, 0.3) is 0 Å². The molecule has 0 amide bonds. The number of rotatable bonds is 5. The highest BCUT2D eigenvalue weighted by molar-refractivity contribution is 4.95. The summed E-state index contributed by atoms with van der Waals surface area (Å²) in [6, 6.07) is 0.941. The molecule has 2 heteroatoms. The summed E-state index contributed by atoms with van der Waals surface area (Å²) < 4.78 is 0. The van der Waals surface area contributed by atoms with Gasteiger partial charge < -0.3 is 5.32 Å². The molecule has 0 aromatic carbocycles. The summed E-state index contributed by atoms with van der Waals surface area (Å²) in [5.74, 6) is 2.00. The van der Waals surface area contributed by atoms with Gasteiger partial charge in [0, 0.05) is 19.1 Å². The van der Waals surface area contributed by atoms with E-state index in [-0.39, 0.29) is 0 Å². The molecule has 122 valence electrons. The zero-order valence-corrected chi connectivity index (χ0v) is 14.4. The molecule has 0 aromatic heterocycles. The quantitative estimate of drug-likeness (QED) is 0.822. The predicted octanol–water partition coefficient (Wildman–Crippen LogP) is 4.06. The SMILES string of the molecule is CCNCC1(CN2CCC3CCCCC32)CCC(C)CC1. The Morgan fingerprint density at radius 2 is 1.81 bits per heavy atom. The summed E-state index contributed by atoms with van der Waals surface area (Å²) in [5, 5.41) is 3.69. The molecule has 0 radical (unpaired) electrons. The van der Waals surface area contributed by atoms with Crippen molar-refractivity contribution in [3.8, 4) is 0 Å². The van der Waals surface area contributed by atoms with E-state index in [2.05, 4.69) is 24.1 Å². The van der Waals surface area contributed by atoms with E-state index in [9.17, 15) is 0 Å². The van der Waals surface area contributed by atoms with Gasteiger partial charge in [-0.1, -0.05) is 39.5 Å². The second kappa shape index (κ2) is 7.00. The largest absolute Gasteiger partial charge is 0.316 e. The Morgan fingerprint density at radius 1 is 1.05 bits per heavy atom. The summed E-state index contributed by atoms with van der Waals surface area (Å²) in [7, 11) is 0. The van der Waals surface area contributed by atoms with Gasteiger partial charge in [-0.3, -0.25) is 4.90 Å². The van der Waals surface area contributed by atoms with Crippen molar-refractivity contribution in [2.45, 2.75) is 77.7 Å². The van der Waals surface area contributed by atoms with Crippen LogP contribution in [0, 0.1) is 17.3 Å². The molecular weight excluding hydrogens is 256 g/mol. The van der Waals surface area contributed by atoms with Crippen LogP contribution in [-0.2, 0) is 0 Å². The first kappa shape index (κ1) is 15.8. The number of hydrogen-bond donors (Lipinski definition) is 1. The molecule has 2 aliphatic carbocycles. The number of fused-ring (bicyclic) bond motifs is 1. The van der Waals surface area contributed by atoms with Gasteiger partial charge in [-0.15, -0.1) is 0 Å². The second-order valence-electron chi connectivity index (χ2n) is 8.33. The van der Waals surface area contributed by atoms with Gasteiger partial charge in [0.05, 0.1) is 0 Å². The number of nitrogens with zero attached hydrogens (tertiary/aromatic N) is 1. The van der Waals surface area contributed by atoms with Crippen LogP contribution in [0.1, 0.15) is 71.6 Å². The summed E-state index contributed by atoms with van der Waals surface area (Å²) >= 11 is 0. The van der Waals surface area contributed by atoms with E-state index in [0.717, 1.165) is 24.4 Å². The average Bonchev–Trinajstić information content (AvgIpc) is 2.91. The molecule has 1 heterocycles. The van der Waals surface area contributed by atoms with E-state index in [0.29, 0.717) is 5.41 Å². The van der Waals surface area contributed by atoms with Crippen molar-refractivity contribution in [1.82, 2.24) is 10.2 Å². The van der Waals surface area contributed by atoms with Crippen molar-refractivity contribution in [3.05, 3.63) is 0 Å². The molecule has 0 bridgehead atoms. The Kier molecular flexibility index (Phi) is 5.27. The Bertz CT molecular complexity index is 314. The Balaban J connectivity index is 1.63. The zero-order valence-electron chi connectivity index (χ0n) is 14.4. The molecule has 0 spiro atoms. The van der Waals surface area contributed by atoms with Crippen LogP contribution in [0.3, 0.4) is 0 Å². The first-order chi connectivity index (χ1) is 10.2. The topological polar surface area (TPSA) is 15.3 Å². The fourth-order valence-electron chi connectivity index (χ4n) is 5.29. The Labute approximate surface area is 132 Å². The summed E-state index contributed by atoms with van der Waals surface area (Å²) in [6.45, 7) is 9.86. The molecule has 1 aliphatic heterocycles. The lowest BCUT2D eigenvalue weighted by atomic mass is 9.70. The van der Waals surface area contributed by atoms with Crippen LogP contribution in [0.5, 0.6) is 0 Å². The lowest BCUT2D eigenvalue weighted by Gasteiger charge is -2.44. The lowest BCUT2D eigenvalue weighted by molar-refractivity contribution is 0.0665. The van der Waals surface area contributed by atoms with Crippen LogP contribution < -0.4 is 5.32 Å². The molecule has 21 heavy (non-hydrogen) atoms. The molecule has 3 fully saturated rings. The van der Waals surface area contributed by atoms with Gasteiger partial charge >= 0.3 is 0 Å². The highest BCUT2D eigenvalue weighted by Gasteiger charge is 2.41. The molecule has 0 aromatic rings. The molecule has 2 atom stereocenters. The summed E-state index contributed by atoms with van der Waals surface area (Å²) in [6.07, 6.45) is 13.3. The second-order valence-corrected chi connectivity index (χ2v) is 8.33. The van der Waals surface area contributed by atoms with E-state index >= 15 is 0 Å². The van der Waals surface area contributed by atoms with E-state index in [4.69, 9.17) is 0 Å². The van der Waals surface area contributed by atoms with Gasteiger partial charge in [0.25, 0.3) is 0 Å². The minimum absolute atomic E-state index is 0.578. The first-order valence-electron chi connectivity index (χ1n) is 9.67. The van der Waals surface area contributed by atoms with Crippen LogP contribution >= 0.6 is 0 Å². The van der Waals surface area contributed by atoms with Crippen molar-refractivity contribution in [1.29, 1.82) is 0 Å². The fourth-order valence-corrected chi connectivity index (χ4v) is 5.29. The normalized spacial score (nSPS) is 41.1. The Hall–Kier alpha value is -0.0800. The monoisotopic (exact) mass is 292 g/mol. The van der Waals surface area contributed by atoms with Crippen molar-refractivity contribution in [2.75, 3.05) is 26.2 Å². The molecule has 1 saturated heterocycles. The summed E-state index contributed by atoms with van der Waals surface area (Å²) in [4.78, 5) is 2.91. The van der Waals surface area contributed by atoms with Gasteiger partial charge in [-0.2, -0.15) is 0 Å². The molecule has 2 saturated carbocycles. The maximum absolute atomic E-state index is 3.69. The van der Waals surface area contributed by atoms with Crippen LogP contribution in [-0.4, -0.2) is 37.1 Å². The first-order valence-corrected chi connectivity index (χ1v) is 9.67. The van der Waals surface area contributed by atoms with Gasteiger partial charge in [0.2, 0.25) is 0 Å². The third-order valence-electron chi connectivity index (χ3n) is 6.75. The van der Waals surface area contributed by atoms with Crippen molar-refractivity contribution >= 4 is 0 Å². The number of nitrogens with one attached hydrogen (secondary N) is 1. The van der Waals surface area contributed by atoms with Crippen LogP contribution in [0.2, 0.25) is 0 Å². The van der Waals surface area contributed by atoms with E-state index in [1.54, 1.807) is 0 Å². The third kappa shape index (κ3) is 3.64.